The van der Waals surface area contributed by atoms with Crippen molar-refractivity contribution in [1.82, 2.24) is 9.55 Å². The largest absolute Gasteiger partial charge is 0.370 e. The molecule has 1 atom stereocenters. The second-order valence-electron chi connectivity index (χ2n) is 7.04. The number of aromatic nitrogens is 2. The summed E-state index contributed by atoms with van der Waals surface area (Å²) >= 11 is 0. The second-order valence-corrected chi connectivity index (χ2v) is 7.04. The molecule has 134 valence electrons. The molecule has 4 aromatic carbocycles. The van der Waals surface area contributed by atoms with Crippen LogP contribution in [0.4, 0.5) is 5.95 Å². The van der Waals surface area contributed by atoms with E-state index >= 15 is 0 Å². The van der Waals surface area contributed by atoms with Crippen LogP contribution in [0.2, 0.25) is 0 Å². The van der Waals surface area contributed by atoms with Crippen LogP contribution in [-0.2, 0) is 0 Å². The Bertz CT molecular complexity index is 1360. The van der Waals surface area contributed by atoms with Crippen molar-refractivity contribution in [3.05, 3.63) is 84.4 Å². The number of nitrogens with zero attached hydrogens (tertiary/aromatic N) is 3. The number of nitrogens with two attached hydrogens (primary N) is 1. The molecule has 5 aromatic rings. The number of hydrogen-bond acceptors (Lipinski definition) is 4. The van der Waals surface area contributed by atoms with E-state index in [4.69, 9.17) is 15.7 Å². The number of guanidine groups is 1. The molecule has 1 aromatic heterocycles. The number of anilines is 1. The molecule has 0 saturated heterocycles. The van der Waals surface area contributed by atoms with E-state index in [1.54, 1.807) is 0 Å². The third-order valence-corrected chi connectivity index (χ3v) is 5.41. The summed E-state index contributed by atoms with van der Waals surface area (Å²) < 4.78 is 2.14. The molecule has 0 fully saturated rings. The van der Waals surface area contributed by atoms with Crippen molar-refractivity contribution in [1.29, 1.82) is 0 Å². The Labute approximate surface area is 161 Å². The summed E-state index contributed by atoms with van der Waals surface area (Å²) in [5.41, 5.74) is 9.27. The number of fused-ring (bicyclic) bond motifs is 5. The van der Waals surface area contributed by atoms with Gasteiger partial charge in [0.25, 0.3) is 0 Å². The molecule has 3 N–H and O–H groups in total. The molecular formula is C23H17N5. The molecule has 28 heavy (non-hydrogen) atoms. The lowest BCUT2D eigenvalue weighted by Crippen LogP contribution is -2.31. The van der Waals surface area contributed by atoms with Gasteiger partial charge in [0.15, 0.2) is 12.1 Å². The Balaban J connectivity index is 1.77. The fourth-order valence-corrected chi connectivity index (χ4v) is 4.24. The Hall–Kier alpha value is -3.86. The summed E-state index contributed by atoms with van der Waals surface area (Å²) in [4.78, 5) is 9.55. The standard InChI is InChI=1S/C23H17N5/c24-22-26-21(28-19-12-6-5-11-18(19)25-23(28)27-22)20-16-9-3-1-7-14(16)13-15-8-2-4-10-17(15)20/h1-13,21H,(H3,24,25,26,27)/t21-/m1/s1. The predicted octanol–water partition coefficient (Wildman–Crippen LogP) is 4.63. The summed E-state index contributed by atoms with van der Waals surface area (Å²) in [6.07, 6.45) is -0.292. The van der Waals surface area contributed by atoms with E-state index < -0.39 is 0 Å². The summed E-state index contributed by atoms with van der Waals surface area (Å²) in [6, 6.07) is 27.2. The van der Waals surface area contributed by atoms with Crippen LogP contribution in [0.3, 0.4) is 0 Å². The Kier molecular flexibility index (Phi) is 3.03. The van der Waals surface area contributed by atoms with Gasteiger partial charge in [0.1, 0.15) is 0 Å². The highest BCUT2D eigenvalue weighted by Crippen LogP contribution is 2.39. The maximum atomic E-state index is 6.17. The van der Waals surface area contributed by atoms with E-state index in [1.165, 1.54) is 21.5 Å². The van der Waals surface area contributed by atoms with Gasteiger partial charge in [-0.3, -0.25) is 9.88 Å². The van der Waals surface area contributed by atoms with Crippen LogP contribution in [0.15, 0.2) is 83.9 Å². The van der Waals surface area contributed by atoms with Crippen molar-refractivity contribution in [3.8, 4) is 0 Å². The minimum absolute atomic E-state index is 0.292. The van der Waals surface area contributed by atoms with Crippen molar-refractivity contribution in [2.75, 3.05) is 5.32 Å². The molecule has 0 unspecified atom stereocenters. The lowest BCUT2D eigenvalue weighted by atomic mass is 9.94. The molecular weight excluding hydrogens is 346 g/mol. The van der Waals surface area contributed by atoms with Crippen LogP contribution < -0.4 is 11.1 Å². The van der Waals surface area contributed by atoms with Crippen LogP contribution in [0.5, 0.6) is 0 Å². The van der Waals surface area contributed by atoms with Crippen LogP contribution >= 0.6 is 0 Å². The van der Waals surface area contributed by atoms with Gasteiger partial charge < -0.3 is 5.73 Å². The third-order valence-electron chi connectivity index (χ3n) is 5.41. The molecule has 0 aliphatic carbocycles. The molecule has 0 radical (unpaired) electrons. The molecule has 6 rings (SSSR count). The minimum atomic E-state index is -0.292. The third kappa shape index (κ3) is 2.07. The fourth-order valence-electron chi connectivity index (χ4n) is 4.24. The summed E-state index contributed by atoms with van der Waals surface area (Å²) in [6.45, 7) is 0. The predicted molar refractivity (Wildman–Crippen MR) is 115 cm³/mol. The van der Waals surface area contributed by atoms with E-state index in [2.05, 4.69) is 70.5 Å². The van der Waals surface area contributed by atoms with Gasteiger partial charge in [0.2, 0.25) is 5.95 Å². The quantitative estimate of drug-likeness (QED) is 0.427. The molecule has 5 heteroatoms. The first-order valence-corrected chi connectivity index (χ1v) is 9.27. The fraction of sp³-hybridized carbons (Fsp3) is 0.0435. The maximum absolute atomic E-state index is 6.17. The van der Waals surface area contributed by atoms with Crippen molar-refractivity contribution < 1.29 is 0 Å². The van der Waals surface area contributed by atoms with Gasteiger partial charge in [0.05, 0.1) is 11.0 Å². The van der Waals surface area contributed by atoms with Gasteiger partial charge in [0, 0.05) is 5.56 Å². The van der Waals surface area contributed by atoms with Crippen molar-refractivity contribution in [3.63, 3.8) is 0 Å². The van der Waals surface area contributed by atoms with Crippen LogP contribution in [0, 0.1) is 0 Å². The highest BCUT2D eigenvalue weighted by atomic mass is 15.4. The van der Waals surface area contributed by atoms with E-state index in [1.807, 2.05) is 18.2 Å². The summed E-state index contributed by atoms with van der Waals surface area (Å²) in [5.74, 6) is 1.10. The number of benzene rings is 4. The maximum Gasteiger partial charge on any atom is 0.212 e. The van der Waals surface area contributed by atoms with Crippen LogP contribution in [-0.4, -0.2) is 15.5 Å². The van der Waals surface area contributed by atoms with Gasteiger partial charge in [-0.1, -0.05) is 60.7 Å². The lowest BCUT2D eigenvalue weighted by molar-refractivity contribution is 0.635. The van der Waals surface area contributed by atoms with Gasteiger partial charge in [-0.2, -0.15) is 0 Å². The number of imidazole rings is 1. The van der Waals surface area contributed by atoms with Crippen molar-refractivity contribution >= 4 is 44.5 Å². The Morgan fingerprint density at radius 1 is 0.821 bits per heavy atom. The highest BCUT2D eigenvalue weighted by Gasteiger charge is 2.27. The zero-order valence-corrected chi connectivity index (χ0v) is 15.0. The molecule has 1 aliphatic heterocycles. The molecule has 0 amide bonds. The van der Waals surface area contributed by atoms with E-state index in [0.717, 1.165) is 22.5 Å². The van der Waals surface area contributed by atoms with E-state index in [0.29, 0.717) is 5.96 Å². The normalized spacial score (nSPS) is 16.1. The first-order chi connectivity index (χ1) is 13.8. The SMILES string of the molecule is NC1=N[C@@H](c2c3ccccc3cc3ccccc23)n2c(nc3ccccc32)N1. The van der Waals surface area contributed by atoms with Crippen molar-refractivity contribution in [2.24, 2.45) is 10.7 Å². The number of rotatable bonds is 1. The zero-order valence-electron chi connectivity index (χ0n) is 15.0. The molecule has 1 aliphatic rings. The first kappa shape index (κ1) is 15.2. The van der Waals surface area contributed by atoms with Gasteiger partial charge >= 0.3 is 0 Å². The second kappa shape index (κ2) is 5.57. The first-order valence-electron chi connectivity index (χ1n) is 9.27. The number of nitrogens with one attached hydrogen (secondary N) is 1. The van der Waals surface area contributed by atoms with E-state index in [9.17, 15) is 0 Å². The minimum Gasteiger partial charge on any atom is -0.370 e. The molecule has 2 heterocycles. The number of hydrogen-bond donors (Lipinski definition) is 2. The van der Waals surface area contributed by atoms with Gasteiger partial charge in [-0.05, 0) is 39.7 Å². The molecule has 0 saturated carbocycles. The highest BCUT2D eigenvalue weighted by molar-refractivity contribution is 6.04. The van der Waals surface area contributed by atoms with Gasteiger partial charge in [-0.25, -0.2) is 9.98 Å². The monoisotopic (exact) mass is 363 g/mol. The van der Waals surface area contributed by atoms with Crippen LogP contribution in [0.25, 0.3) is 32.6 Å². The molecule has 5 nitrogen and oxygen atoms in total. The Morgan fingerprint density at radius 2 is 1.46 bits per heavy atom. The Morgan fingerprint density at radius 3 is 2.21 bits per heavy atom. The van der Waals surface area contributed by atoms with E-state index in [-0.39, 0.29) is 6.17 Å². The van der Waals surface area contributed by atoms with Crippen molar-refractivity contribution in [2.45, 2.75) is 6.17 Å². The molecule has 0 bridgehead atoms. The average Bonchev–Trinajstić information content (AvgIpc) is 3.09. The summed E-state index contributed by atoms with van der Waals surface area (Å²) in [5, 5.41) is 7.85. The summed E-state index contributed by atoms with van der Waals surface area (Å²) in [7, 11) is 0. The topological polar surface area (TPSA) is 68.2 Å². The number of aliphatic imine (C=N–C) groups is 1. The van der Waals surface area contributed by atoms with Gasteiger partial charge in [-0.15, -0.1) is 0 Å². The molecule has 0 spiro atoms. The average molecular weight is 363 g/mol. The number of para-hydroxylation sites is 2. The van der Waals surface area contributed by atoms with Crippen LogP contribution in [0.1, 0.15) is 11.7 Å². The zero-order chi connectivity index (χ0) is 18.7. The lowest BCUT2D eigenvalue weighted by Gasteiger charge is -2.26. The smallest absolute Gasteiger partial charge is 0.212 e.